The van der Waals surface area contributed by atoms with Gasteiger partial charge >= 0.3 is 5.97 Å². The zero-order valence-electron chi connectivity index (χ0n) is 11.1. The number of aromatic nitrogens is 1. The molecule has 3 aromatic rings. The smallest absolute Gasteiger partial charge is 0.335 e. The number of para-hydroxylation sites is 1. The highest BCUT2D eigenvalue weighted by Gasteiger charge is 2.01. The molecule has 0 amide bonds. The number of anilines is 1. The van der Waals surface area contributed by atoms with Gasteiger partial charge in [-0.15, -0.1) is 0 Å². The molecule has 3 rings (SSSR count). The van der Waals surface area contributed by atoms with E-state index < -0.39 is 5.97 Å². The molecule has 5 heteroatoms. The Hall–Kier alpha value is -3.08. The summed E-state index contributed by atoms with van der Waals surface area (Å²) in [5.74, 6) is -0.941. The molecule has 3 N–H and O–H groups in total. The first-order valence-corrected chi connectivity index (χ1v) is 6.42. The predicted octanol–water partition coefficient (Wildman–Crippen LogP) is 3.31. The standard InChI is InChI=1S/C16H13N3O2/c20-16(21)11-5-7-13(8-6-11)19-18-10-12-9-17-15-4-2-1-3-14(12)15/h1-10,17,19H,(H,20,21)/b18-10+. The van der Waals surface area contributed by atoms with Crippen molar-refractivity contribution in [1.29, 1.82) is 0 Å². The fourth-order valence-corrected chi connectivity index (χ4v) is 2.06. The minimum Gasteiger partial charge on any atom is -0.478 e. The quantitative estimate of drug-likeness (QED) is 0.506. The molecule has 5 nitrogen and oxygen atoms in total. The van der Waals surface area contributed by atoms with E-state index in [0.29, 0.717) is 0 Å². The number of nitrogens with zero attached hydrogens (tertiary/aromatic N) is 1. The normalized spacial score (nSPS) is 11.0. The van der Waals surface area contributed by atoms with E-state index in [1.165, 1.54) is 12.1 Å². The van der Waals surface area contributed by atoms with E-state index in [-0.39, 0.29) is 5.56 Å². The lowest BCUT2D eigenvalue weighted by atomic mass is 10.2. The molecule has 104 valence electrons. The summed E-state index contributed by atoms with van der Waals surface area (Å²) < 4.78 is 0. The molecule has 0 fully saturated rings. The molecule has 0 saturated heterocycles. The van der Waals surface area contributed by atoms with Crippen molar-refractivity contribution in [3.8, 4) is 0 Å². The molecule has 1 aromatic heterocycles. The lowest BCUT2D eigenvalue weighted by molar-refractivity contribution is 0.0697. The summed E-state index contributed by atoms with van der Waals surface area (Å²) in [4.78, 5) is 13.9. The summed E-state index contributed by atoms with van der Waals surface area (Å²) in [5, 5.41) is 14.1. The highest BCUT2D eigenvalue weighted by molar-refractivity contribution is 5.99. The number of hydrogen-bond acceptors (Lipinski definition) is 3. The molecular formula is C16H13N3O2. The lowest BCUT2D eigenvalue weighted by Gasteiger charge is -2.00. The molecular weight excluding hydrogens is 266 g/mol. The Morgan fingerprint density at radius 3 is 2.67 bits per heavy atom. The van der Waals surface area contributed by atoms with Crippen LogP contribution in [-0.2, 0) is 0 Å². The number of carbonyl (C=O) groups is 1. The Labute approximate surface area is 120 Å². The van der Waals surface area contributed by atoms with Crippen molar-refractivity contribution in [2.45, 2.75) is 0 Å². The zero-order valence-corrected chi connectivity index (χ0v) is 11.1. The number of hydrazone groups is 1. The molecule has 0 aliphatic heterocycles. The highest BCUT2D eigenvalue weighted by atomic mass is 16.4. The number of nitrogens with one attached hydrogen (secondary N) is 2. The average molecular weight is 279 g/mol. The first kappa shape index (κ1) is 12.9. The van der Waals surface area contributed by atoms with Gasteiger partial charge in [-0.05, 0) is 30.3 Å². The van der Waals surface area contributed by atoms with Crippen LogP contribution in [0, 0.1) is 0 Å². The number of fused-ring (bicyclic) bond motifs is 1. The van der Waals surface area contributed by atoms with E-state index in [9.17, 15) is 4.79 Å². The first-order valence-electron chi connectivity index (χ1n) is 6.42. The Morgan fingerprint density at radius 1 is 1.14 bits per heavy atom. The summed E-state index contributed by atoms with van der Waals surface area (Å²) in [5.41, 5.74) is 5.91. The van der Waals surface area contributed by atoms with Crippen molar-refractivity contribution >= 4 is 28.8 Å². The molecule has 1 heterocycles. The van der Waals surface area contributed by atoms with E-state index in [2.05, 4.69) is 15.5 Å². The molecule has 0 aliphatic carbocycles. The van der Waals surface area contributed by atoms with Crippen molar-refractivity contribution in [3.05, 3.63) is 65.9 Å². The Morgan fingerprint density at radius 2 is 1.90 bits per heavy atom. The largest absolute Gasteiger partial charge is 0.478 e. The lowest BCUT2D eigenvalue weighted by Crippen LogP contribution is -1.96. The minimum absolute atomic E-state index is 0.251. The third kappa shape index (κ3) is 2.76. The van der Waals surface area contributed by atoms with Gasteiger partial charge in [-0.3, -0.25) is 5.43 Å². The van der Waals surface area contributed by atoms with Gasteiger partial charge in [-0.1, -0.05) is 18.2 Å². The van der Waals surface area contributed by atoms with Crippen LogP contribution < -0.4 is 5.43 Å². The van der Waals surface area contributed by atoms with Crippen LogP contribution in [0.25, 0.3) is 10.9 Å². The minimum atomic E-state index is -0.941. The van der Waals surface area contributed by atoms with Gasteiger partial charge < -0.3 is 10.1 Å². The Bertz CT molecular complexity index is 804. The van der Waals surface area contributed by atoms with Crippen LogP contribution in [0.15, 0.2) is 59.8 Å². The van der Waals surface area contributed by atoms with Crippen LogP contribution in [0.4, 0.5) is 5.69 Å². The summed E-state index contributed by atoms with van der Waals surface area (Å²) >= 11 is 0. The van der Waals surface area contributed by atoms with Crippen LogP contribution in [0.3, 0.4) is 0 Å². The number of rotatable bonds is 4. The van der Waals surface area contributed by atoms with Gasteiger partial charge in [0, 0.05) is 22.7 Å². The van der Waals surface area contributed by atoms with Gasteiger partial charge in [0.25, 0.3) is 0 Å². The maximum atomic E-state index is 10.8. The maximum Gasteiger partial charge on any atom is 0.335 e. The summed E-state index contributed by atoms with van der Waals surface area (Å²) in [6.07, 6.45) is 3.62. The van der Waals surface area contributed by atoms with Crippen LogP contribution in [0.2, 0.25) is 0 Å². The summed E-state index contributed by atoms with van der Waals surface area (Å²) in [6, 6.07) is 14.4. The van der Waals surface area contributed by atoms with E-state index in [0.717, 1.165) is 22.2 Å². The van der Waals surface area contributed by atoms with Gasteiger partial charge in [-0.25, -0.2) is 4.79 Å². The summed E-state index contributed by atoms with van der Waals surface area (Å²) in [6.45, 7) is 0. The molecule has 0 aliphatic rings. The molecule has 0 saturated carbocycles. The van der Waals surface area contributed by atoms with Crippen LogP contribution >= 0.6 is 0 Å². The summed E-state index contributed by atoms with van der Waals surface area (Å²) in [7, 11) is 0. The van der Waals surface area contributed by atoms with Crippen molar-refractivity contribution in [1.82, 2.24) is 4.98 Å². The second-order valence-electron chi connectivity index (χ2n) is 4.54. The van der Waals surface area contributed by atoms with E-state index >= 15 is 0 Å². The molecule has 0 atom stereocenters. The number of carboxylic acids is 1. The van der Waals surface area contributed by atoms with Crippen molar-refractivity contribution in [2.75, 3.05) is 5.43 Å². The van der Waals surface area contributed by atoms with E-state index in [1.54, 1.807) is 18.3 Å². The maximum absolute atomic E-state index is 10.8. The number of aromatic amines is 1. The number of hydrogen-bond donors (Lipinski definition) is 3. The fourth-order valence-electron chi connectivity index (χ4n) is 2.06. The number of carboxylic acid groups (broad SMARTS) is 1. The zero-order chi connectivity index (χ0) is 14.7. The van der Waals surface area contributed by atoms with Gasteiger partial charge in [0.1, 0.15) is 0 Å². The molecule has 0 unspecified atom stereocenters. The fraction of sp³-hybridized carbons (Fsp3) is 0. The van der Waals surface area contributed by atoms with Gasteiger partial charge in [0.2, 0.25) is 0 Å². The third-order valence-corrected chi connectivity index (χ3v) is 3.15. The van der Waals surface area contributed by atoms with Crippen LogP contribution in [0.1, 0.15) is 15.9 Å². The topological polar surface area (TPSA) is 77.5 Å². The molecule has 0 radical (unpaired) electrons. The van der Waals surface area contributed by atoms with Crippen molar-refractivity contribution < 1.29 is 9.90 Å². The monoisotopic (exact) mass is 279 g/mol. The van der Waals surface area contributed by atoms with Crippen molar-refractivity contribution in [3.63, 3.8) is 0 Å². The second kappa shape index (κ2) is 5.50. The van der Waals surface area contributed by atoms with Gasteiger partial charge in [0.05, 0.1) is 17.5 Å². The molecule has 2 aromatic carbocycles. The average Bonchev–Trinajstić information content (AvgIpc) is 2.91. The molecule has 0 spiro atoms. The van der Waals surface area contributed by atoms with Crippen LogP contribution in [0.5, 0.6) is 0 Å². The highest BCUT2D eigenvalue weighted by Crippen LogP contribution is 2.16. The number of H-pyrrole nitrogens is 1. The number of benzene rings is 2. The first-order chi connectivity index (χ1) is 10.2. The third-order valence-electron chi connectivity index (χ3n) is 3.15. The number of aromatic carboxylic acids is 1. The Kier molecular flexibility index (Phi) is 3.39. The second-order valence-corrected chi connectivity index (χ2v) is 4.54. The van der Waals surface area contributed by atoms with E-state index in [1.807, 2.05) is 30.5 Å². The van der Waals surface area contributed by atoms with E-state index in [4.69, 9.17) is 5.11 Å². The molecule has 0 bridgehead atoms. The Balaban J connectivity index is 1.73. The van der Waals surface area contributed by atoms with Crippen LogP contribution in [-0.4, -0.2) is 22.3 Å². The SMILES string of the molecule is O=C(O)c1ccc(N/N=C/c2c[nH]c3ccccc23)cc1. The predicted molar refractivity (Wildman–Crippen MR) is 82.9 cm³/mol. The van der Waals surface area contributed by atoms with Gasteiger partial charge in [-0.2, -0.15) is 5.10 Å². The molecule has 21 heavy (non-hydrogen) atoms. The van der Waals surface area contributed by atoms with Gasteiger partial charge in [0.15, 0.2) is 0 Å². The van der Waals surface area contributed by atoms with Crippen molar-refractivity contribution in [2.24, 2.45) is 5.10 Å².